The molecule has 1 aromatic rings. The Bertz CT molecular complexity index is 212. The normalized spacial score (nSPS) is 10.2. The van der Waals surface area contributed by atoms with Crippen LogP contribution < -0.4 is 5.32 Å². The molecule has 0 atom stereocenters. The first-order valence-corrected chi connectivity index (χ1v) is 4.45. The van der Waals surface area contributed by atoms with E-state index in [1.807, 2.05) is 13.2 Å². The molecule has 0 saturated carbocycles. The molecule has 1 heterocycles. The van der Waals surface area contributed by atoms with Crippen molar-refractivity contribution < 1.29 is 0 Å². The Balaban J connectivity index is 2.67. The lowest BCUT2D eigenvalue weighted by Gasteiger charge is -2.01. The number of pyridine rings is 1. The summed E-state index contributed by atoms with van der Waals surface area (Å²) in [6, 6.07) is 4.25. The van der Waals surface area contributed by atoms with E-state index in [0.29, 0.717) is 0 Å². The van der Waals surface area contributed by atoms with Crippen LogP contribution in [-0.2, 0) is 13.0 Å². The molecule has 0 radical (unpaired) electrons. The molecule has 0 aliphatic rings. The molecule has 0 aliphatic heterocycles. The van der Waals surface area contributed by atoms with Crippen molar-refractivity contribution in [3.05, 3.63) is 29.6 Å². The van der Waals surface area contributed by atoms with Crippen molar-refractivity contribution in [2.24, 2.45) is 0 Å². The third-order valence-corrected chi connectivity index (χ3v) is 1.78. The maximum absolute atomic E-state index is 4.25. The number of rotatable bonds is 4. The molecule has 0 spiro atoms. The molecule has 0 fully saturated rings. The van der Waals surface area contributed by atoms with Crippen LogP contribution >= 0.6 is 0 Å². The minimum atomic E-state index is 0.859. The van der Waals surface area contributed by atoms with Gasteiger partial charge in [-0.15, -0.1) is 0 Å². The largest absolute Gasteiger partial charge is 0.314 e. The first-order chi connectivity index (χ1) is 5.86. The van der Waals surface area contributed by atoms with Gasteiger partial charge in [0.15, 0.2) is 0 Å². The first kappa shape index (κ1) is 9.20. The summed E-state index contributed by atoms with van der Waals surface area (Å²) in [7, 11) is 1.94. The second-order valence-electron chi connectivity index (χ2n) is 2.94. The van der Waals surface area contributed by atoms with Gasteiger partial charge in [0.05, 0.1) is 5.69 Å². The van der Waals surface area contributed by atoms with E-state index < -0.39 is 0 Å². The Hall–Kier alpha value is -0.890. The van der Waals surface area contributed by atoms with Gasteiger partial charge in [-0.05, 0) is 31.2 Å². The van der Waals surface area contributed by atoms with E-state index in [2.05, 4.69) is 29.4 Å². The van der Waals surface area contributed by atoms with Crippen molar-refractivity contribution in [2.75, 3.05) is 7.05 Å². The summed E-state index contributed by atoms with van der Waals surface area (Å²) >= 11 is 0. The minimum Gasteiger partial charge on any atom is -0.314 e. The van der Waals surface area contributed by atoms with Crippen molar-refractivity contribution in [2.45, 2.75) is 26.3 Å². The van der Waals surface area contributed by atoms with Gasteiger partial charge in [0.25, 0.3) is 0 Å². The molecule has 0 unspecified atom stereocenters. The standard InChI is InChI=1S/C10H16N2/c1-3-4-9-5-6-12-10(7-9)8-11-2/h5-7,11H,3-4,8H2,1-2H3. The Morgan fingerprint density at radius 1 is 1.50 bits per heavy atom. The average molecular weight is 164 g/mol. The van der Waals surface area contributed by atoms with Crippen molar-refractivity contribution >= 4 is 0 Å². The quantitative estimate of drug-likeness (QED) is 0.733. The highest BCUT2D eigenvalue weighted by atomic mass is 14.8. The van der Waals surface area contributed by atoms with Gasteiger partial charge in [0.2, 0.25) is 0 Å². The van der Waals surface area contributed by atoms with Crippen LogP contribution in [-0.4, -0.2) is 12.0 Å². The predicted molar refractivity (Wildman–Crippen MR) is 51.0 cm³/mol. The van der Waals surface area contributed by atoms with Gasteiger partial charge in [-0.25, -0.2) is 0 Å². The lowest BCUT2D eigenvalue weighted by Crippen LogP contribution is -2.06. The number of nitrogens with zero attached hydrogens (tertiary/aromatic N) is 1. The molecule has 1 rings (SSSR count). The molecule has 0 aliphatic carbocycles. The number of hydrogen-bond donors (Lipinski definition) is 1. The van der Waals surface area contributed by atoms with Crippen molar-refractivity contribution in [3.63, 3.8) is 0 Å². The van der Waals surface area contributed by atoms with E-state index in [1.54, 1.807) is 0 Å². The first-order valence-electron chi connectivity index (χ1n) is 4.45. The topological polar surface area (TPSA) is 24.9 Å². The molecule has 0 bridgehead atoms. The highest BCUT2D eigenvalue weighted by Gasteiger charge is 1.94. The van der Waals surface area contributed by atoms with Gasteiger partial charge in [-0.1, -0.05) is 13.3 Å². The van der Waals surface area contributed by atoms with Crippen molar-refractivity contribution in [1.29, 1.82) is 0 Å². The zero-order valence-electron chi connectivity index (χ0n) is 7.80. The van der Waals surface area contributed by atoms with Crippen LogP contribution in [0.5, 0.6) is 0 Å². The van der Waals surface area contributed by atoms with Crippen LogP contribution in [0.1, 0.15) is 24.6 Å². The molecule has 2 heteroatoms. The molecule has 1 N–H and O–H groups in total. The van der Waals surface area contributed by atoms with Crippen molar-refractivity contribution in [3.8, 4) is 0 Å². The van der Waals surface area contributed by atoms with Gasteiger partial charge in [0.1, 0.15) is 0 Å². The Morgan fingerprint density at radius 3 is 3.00 bits per heavy atom. The molecule has 0 aromatic carbocycles. The summed E-state index contributed by atoms with van der Waals surface area (Å²) in [6.45, 7) is 3.05. The van der Waals surface area contributed by atoms with Gasteiger partial charge in [-0.3, -0.25) is 4.98 Å². The summed E-state index contributed by atoms with van der Waals surface area (Å²) in [5, 5.41) is 3.09. The van der Waals surface area contributed by atoms with Crippen LogP contribution in [0, 0.1) is 0 Å². The molecule has 66 valence electrons. The smallest absolute Gasteiger partial charge is 0.0544 e. The fourth-order valence-corrected chi connectivity index (χ4v) is 1.25. The van der Waals surface area contributed by atoms with E-state index in [0.717, 1.165) is 18.7 Å². The average Bonchev–Trinajstić information content (AvgIpc) is 2.06. The summed E-state index contributed by atoms with van der Waals surface area (Å²) < 4.78 is 0. The SMILES string of the molecule is CCCc1ccnc(CNC)c1. The maximum atomic E-state index is 4.25. The van der Waals surface area contributed by atoms with Crippen LogP contribution in [0.25, 0.3) is 0 Å². The fraction of sp³-hybridized carbons (Fsp3) is 0.500. The van der Waals surface area contributed by atoms with Crippen molar-refractivity contribution in [1.82, 2.24) is 10.3 Å². The number of aromatic nitrogens is 1. The monoisotopic (exact) mass is 164 g/mol. The molecule has 0 amide bonds. The van der Waals surface area contributed by atoms with E-state index in [1.165, 1.54) is 12.0 Å². The third kappa shape index (κ3) is 2.62. The summed E-state index contributed by atoms with van der Waals surface area (Å²) in [5.41, 5.74) is 2.52. The molecular formula is C10H16N2. The third-order valence-electron chi connectivity index (χ3n) is 1.78. The molecular weight excluding hydrogens is 148 g/mol. The fourth-order valence-electron chi connectivity index (χ4n) is 1.25. The molecule has 12 heavy (non-hydrogen) atoms. The number of nitrogens with one attached hydrogen (secondary N) is 1. The summed E-state index contributed by atoms with van der Waals surface area (Å²) in [5.74, 6) is 0. The van der Waals surface area contributed by atoms with E-state index in [4.69, 9.17) is 0 Å². The van der Waals surface area contributed by atoms with E-state index >= 15 is 0 Å². The van der Waals surface area contributed by atoms with E-state index in [9.17, 15) is 0 Å². The second kappa shape index (κ2) is 4.88. The maximum Gasteiger partial charge on any atom is 0.0544 e. The van der Waals surface area contributed by atoms with Gasteiger partial charge in [0, 0.05) is 12.7 Å². The zero-order valence-corrected chi connectivity index (χ0v) is 7.80. The Labute approximate surface area is 74.0 Å². The summed E-state index contributed by atoms with van der Waals surface area (Å²) in [4.78, 5) is 4.25. The zero-order chi connectivity index (χ0) is 8.81. The van der Waals surface area contributed by atoms with Crippen LogP contribution in [0.15, 0.2) is 18.3 Å². The number of aryl methyl sites for hydroxylation is 1. The predicted octanol–water partition coefficient (Wildman–Crippen LogP) is 1.75. The minimum absolute atomic E-state index is 0.859. The van der Waals surface area contributed by atoms with E-state index in [-0.39, 0.29) is 0 Å². The Kier molecular flexibility index (Phi) is 3.74. The lowest BCUT2D eigenvalue weighted by molar-refractivity contribution is 0.785. The molecule has 2 nitrogen and oxygen atoms in total. The van der Waals surface area contributed by atoms with Gasteiger partial charge < -0.3 is 5.32 Å². The van der Waals surface area contributed by atoms with Gasteiger partial charge in [-0.2, -0.15) is 0 Å². The second-order valence-corrected chi connectivity index (χ2v) is 2.94. The molecule has 0 saturated heterocycles. The molecule has 1 aromatic heterocycles. The van der Waals surface area contributed by atoms with Crippen LogP contribution in [0.3, 0.4) is 0 Å². The highest BCUT2D eigenvalue weighted by Crippen LogP contribution is 2.04. The lowest BCUT2D eigenvalue weighted by atomic mass is 10.1. The van der Waals surface area contributed by atoms with Crippen LogP contribution in [0.2, 0.25) is 0 Å². The summed E-state index contributed by atoms with van der Waals surface area (Å²) in [6.07, 6.45) is 4.24. The van der Waals surface area contributed by atoms with Crippen LogP contribution in [0.4, 0.5) is 0 Å². The number of hydrogen-bond acceptors (Lipinski definition) is 2. The highest BCUT2D eigenvalue weighted by molar-refractivity contribution is 5.16. The van der Waals surface area contributed by atoms with Gasteiger partial charge >= 0.3 is 0 Å². The Morgan fingerprint density at radius 2 is 2.33 bits per heavy atom.